The predicted molar refractivity (Wildman–Crippen MR) is 120 cm³/mol. The summed E-state index contributed by atoms with van der Waals surface area (Å²) in [6.07, 6.45) is 2.76. The third-order valence-corrected chi connectivity index (χ3v) is 5.78. The summed E-state index contributed by atoms with van der Waals surface area (Å²) in [6, 6.07) is 10.3. The van der Waals surface area contributed by atoms with Gasteiger partial charge in [-0.3, -0.25) is 9.48 Å². The molecule has 11 nitrogen and oxygen atoms in total. The molecule has 1 aliphatic heterocycles. The van der Waals surface area contributed by atoms with E-state index in [9.17, 15) is 19.6 Å². The van der Waals surface area contributed by atoms with Gasteiger partial charge in [0.15, 0.2) is 17.4 Å². The summed E-state index contributed by atoms with van der Waals surface area (Å²) < 4.78 is 21.5. The van der Waals surface area contributed by atoms with E-state index in [1.54, 1.807) is 38.4 Å². The Hall–Kier alpha value is -4.63. The van der Waals surface area contributed by atoms with Crippen LogP contribution in [0.5, 0.6) is 0 Å². The molecule has 1 aliphatic rings. The van der Waals surface area contributed by atoms with Crippen LogP contribution in [-0.4, -0.2) is 54.4 Å². The fourth-order valence-corrected chi connectivity index (χ4v) is 3.91. The Kier molecular flexibility index (Phi) is 5.26. The SMILES string of the molecule is CN1CCC(O)(c2cc(-c3cccc(-c4nc(Nc5nn(C)cc5C#N)ncc4F)c3)no2)C1=O. The quantitative estimate of drug-likeness (QED) is 0.445. The van der Waals surface area contributed by atoms with Crippen molar-refractivity contribution in [3.8, 4) is 28.6 Å². The van der Waals surface area contributed by atoms with Crippen LogP contribution in [0.4, 0.5) is 16.2 Å². The monoisotopic (exact) mass is 474 g/mol. The molecule has 1 aromatic carbocycles. The number of likely N-dealkylation sites (N-methyl/N-ethyl adjacent to an activating group) is 1. The van der Waals surface area contributed by atoms with Crippen molar-refractivity contribution in [1.82, 2.24) is 29.8 Å². The van der Waals surface area contributed by atoms with E-state index in [2.05, 4.69) is 25.5 Å². The van der Waals surface area contributed by atoms with Crippen molar-refractivity contribution in [2.24, 2.45) is 7.05 Å². The molecular formula is C23H19FN8O3. The van der Waals surface area contributed by atoms with Crippen LogP contribution in [-0.2, 0) is 17.4 Å². The van der Waals surface area contributed by atoms with E-state index in [4.69, 9.17) is 4.52 Å². The van der Waals surface area contributed by atoms with Gasteiger partial charge in [0.05, 0.1) is 6.20 Å². The van der Waals surface area contributed by atoms with Crippen molar-refractivity contribution in [2.45, 2.75) is 12.0 Å². The van der Waals surface area contributed by atoms with Crippen LogP contribution in [0.3, 0.4) is 0 Å². The Morgan fingerprint density at radius 3 is 2.83 bits per heavy atom. The Morgan fingerprint density at radius 1 is 1.29 bits per heavy atom. The molecule has 1 amide bonds. The minimum Gasteiger partial charge on any atom is -0.373 e. The standard InChI is InChI=1S/C23H19FN8O3/c1-31-7-6-23(34,21(31)33)18-9-17(30-35-18)13-4-3-5-14(8-13)19-16(24)11-26-22(27-19)28-20-15(10-25)12-32(2)29-20/h3-5,8-9,11-12,34H,6-7H2,1-2H3,(H,26,27,28,29). The average molecular weight is 474 g/mol. The number of rotatable bonds is 5. The molecular weight excluding hydrogens is 455 g/mol. The Bertz CT molecular complexity index is 1490. The summed E-state index contributed by atoms with van der Waals surface area (Å²) in [7, 11) is 3.28. The molecule has 1 fully saturated rings. The third kappa shape index (κ3) is 3.87. The van der Waals surface area contributed by atoms with Crippen LogP contribution in [0.1, 0.15) is 17.7 Å². The Labute approximate surface area is 198 Å². The number of hydrogen-bond donors (Lipinski definition) is 2. The summed E-state index contributed by atoms with van der Waals surface area (Å²) in [5.74, 6) is -0.734. The summed E-state index contributed by atoms with van der Waals surface area (Å²) in [5.41, 5.74) is -0.0633. The topological polar surface area (TPSA) is 146 Å². The molecule has 0 saturated carbocycles. The van der Waals surface area contributed by atoms with Crippen molar-refractivity contribution >= 4 is 17.7 Å². The first-order valence-corrected chi connectivity index (χ1v) is 10.6. The van der Waals surface area contributed by atoms with E-state index in [0.29, 0.717) is 28.9 Å². The number of carbonyl (C=O) groups excluding carboxylic acids is 1. The molecule has 3 aromatic heterocycles. The summed E-state index contributed by atoms with van der Waals surface area (Å²) in [5, 5.41) is 31.0. The van der Waals surface area contributed by atoms with Crippen molar-refractivity contribution in [2.75, 3.05) is 18.9 Å². The summed E-state index contributed by atoms with van der Waals surface area (Å²) in [6.45, 7) is 0.401. The number of hydrogen-bond acceptors (Lipinski definition) is 9. The lowest BCUT2D eigenvalue weighted by atomic mass is 9.97. The summed E-state index contributed by atoms with van der Waals surface area (Å²) in [4.78, 5) is 22.0. The molecule has 0 radical (unpaired) electrons. The van der Waals surface area contributed by atoms with E-state index in [-0.39, 0.29) is 29.6 Å². The number of halogens is 1. The normalized spacial score (nSPS) is 17.6. The number of carbonyl (C=O) groups is 1. The van der Waals surface area contributed by atoms with Crippen molar-refractivity contribution in [3.05, 3.63) is 59.9 Å². The van der Waals surface area contributed by atoms with Crippen LogP contribution < -0.4 is 5.32 Å². The molecule has 4 aromatic rings. The van der Waals surface area contributed by atoms with Crippen LogP contribution >= 0.6 is 0 Å². The minimum absolute atomic E-state index is 0.0220. The molecule has 1 saturated heterocycles. The number of aryl methyl sites for hydroxylation is 1. The van der Waals surface area contributed by atoms with Crippen molar-refractivity contribution in [1.29, 1.82) is 5.26 Å². The van der Waals surface area contributed by atoms with E-state index in [0.717, 1.165) is 6.20 Å². The highest BCUT2D eigenvalue weighted by atomic mass is 19.1. The lowest BCUT2D eigenvalue weighted by Gasteiger charge is -2.16. The molecule has 5 rings (SSSR count). The van der Waals surface area contributed by atoms with Gasteiger partial charge in [-0.05, 0) is 6.07 Å². The number of aliphatic hydroxyl groups is 1. The number of nitrogens with zero attached hydrogens (tertiary/aromatic N) is 7. The van der Waals surface area contributed by atoms with Crippen LogP contribution in [0.15, 0.2) is 47.2 Å². The van der Waals surface area contributed by atoms with Gasteiger partial charge in [0.2, 0.25) is 11.5 Å². The van der Waals surface area contributed by atoms with Crippen LogP contribution in [0.25, 0.3) is 22.5 Å². The number of anilines is 2. The number of likely N-dealkylation sites (tertiary alicyclic amines) is 1. The molecule has 0 aliphatic carbocycles. The second-order valence-corrected chi connectivity index (χ2v) is 8.19. The van der Waals surface area contributed by atoms with E-state index >= 15 is 0 Å². The van der Waals surface area contributed by atoms with Crippen molar-refractivity contribution in [3.63, 3.8) is 0 Å². The van der Waals surface area contributed by atoms with E-state index in [1.165, 1.54) is 21.8 Å². The lowest BCUT2D eigenvalue weighted by molar-refractivity contribution is -0.144. The molecule has 35 heavy (non-hydrogen) atoms. The smallest absolute Gasteiger partial charge is 0.262 e. The maximum Gasteiger partial charge on any atom is 0.262 e. The number of nitrogens with one attached hydrogen (secondary N) is 1. The molecule has 176 valence electrons. The highest BCUT2D eigenvalue weighted by Gasteiger charge is 2.48. The first kappa shape index (κ1) is 22.2. The Morgan fingerprint density at radius 2 is 2.09 bits per heavy atom. The van der Waals surface area contributed by atoms with Gasteiger partial charge in [-0.15, -0.1) is 0 Å². The van der Waals surface area contributed by atoms with Gasteiger partial charge in [-0.1, -0.05) is 23.4 Å². The molecule has 1 unspecified atom stereocenters. The number of amides is 1. The first-order valence-electron chi connectivity index (χ1n) is 10.6. The second-order valence-electron chi connectivity index (χ2n) is 8.19. The second kappa shape index (κ2) is 8.30. The Balaban J connectivity index is 1.46. The van der Waals surface area contributed by atoms with Crippen molar-refractivity contribution < 1.29 is 18.8 Å². The van der Waals surface area contributed by atoms with Crippen LogP contribution in [0.2, 0.25) is 0 Å². The molecule has 4 heterocycles. The fraction of sp³-hybridized carbons (Fsp3) is 0.217. The molecule has 12 heteroatoms. The zero-order valence-electron chi connectivity index (χ0n) is 18.7. The number of aromatic nitrogens is 5. The lowest BCUT2D eigenvalue weighted by Crippen LogP contribution is -2.35. The molecule has 0 bridgehead atoms. The molecule has 0 spiro atoms. The highest BCUT2D eigenvalue weighted by molar-refractivity contribution is 5.87. The fourth-order valence-electron chi connectivity index (χ4n) is 3.91. The minimum atomic E-state index is -1.76. The molecule has 2 N–H and O–H groups in total. The third-order valence-electron chi connectivity index (χ3n) is 5.78. The van der Waals surface area contributed by atoms with Gasteiger partial charge in [-0.2, -0.15) is 10.4 Å². The van der Waals surface area contributed by atoms with E-state index in [1.807, 2.05) is 6.07 Å². The van der Waals surface area contributed by atoms with E-state index < -0.39 is 17.3 Å². The number of nitriles is 1. The average Bonchev–Trinajstić information content (AvgIpc) is 3.56. The van der Waals surface area contributed by atoms with Gasteiger partial charge >= 0.3 is 0 Å². The first-order chi connectivity index (χ1) is 16.8. The van der Waals surface area contributed by atoms with Gasteiger partial charge in [-0.25, -0.2) is 14.4 Å². The van der Waals surface area contributed by atoms with Gasteiger partial charge in [0, 0.05) is 50.5 Å². The zero-order valence-corrected chi connectivity index (χ0v) is 18.7. The van der Waals surface area contributed by atoms with Gasteiger partial charge in [0.1, 0.15) is 23.0 Å². The molecule has 1 atom stereocenters. The zero-order chi connectivity index (χ0) is 24.7. The maximum atomic E-state index is 14.7. The largest absolute Gasteiger partial charge is 0.373 e. The number of benzene rings is 1. The summed E-state index contributed by atoms with van der Waals surface area (Å²) >= 11 is 0. The predicted octanol–water partition coefficient (Wildman–Crippen LogP) is 2.34. The van der Waals surface area contributed by atoms with Crippen LogP contribution in [0, 0.1) is 17.1 Å². The van der Waals surface area contributed by atoms with Gasteiger partial charge < -0.3 is 19.8 Å². The highest BCUT2D eigenvalue weighted by Crippen LogP contribution is 2.35. The maximum absolute atomic E-state index is 14.7. The van der Waals surface area contributed by atoms with Gasteiger partial charge in [0.25, 0.3) is 5.91 Å².